The van der Waals surface area contributed by atoms with E-state index < -0.39 is 35.3 Å². The van der Waals surface area contributed by atoms with E-state index in [-0.39, 0.29) is 24.7 Å². The Morgan fingerprint density at radius 1 is 0.975 bits per heavy atom. The highest BCUT2D eigenvalue weighted by Gasteiger charge is 2.37. The lowest BCUT2D eigenvalue weighted by Gasteiger charge is -2.22. The maximum atomic E-state index is 13.4. The topological polar surface area (TPSA) is 141 Å². The molecule has 1 aliphatic carbocycles. The molecule has 202 valence electrons. The van der Waals surface area contributed by atoms with Crippen LogP contribution in [0.15, 0.2) is 64.4 Å². The molecule has 0 amide bonds. The minimum absolute atomic E-state index is 0.0408. The van der Waals surface area contributed by atoms with E-state index in [1.165, 1.54) is 27.9 Å². The fourth-order valence-electron chi connectivity index (χ4n) is 5.63. The fourth-order valence-corrected chi connectivity index (χ4v) is 5.63. The van der Waals surface area contributed by atoms with Gasteiger partial charge in [-0.05, 0) is 36.1 Å². The normalized spacial score (nSPS) is 18.3. The van der Waals surface area contributed by atoms with E-state index in [2.05, 4.69) is 27.1 Å². The van der Waals surface area contributed by atoms with Crippen LogP contribution >= 0.6 is 0 Å². The Hall–Kier alpha value is -4.83. The van der Waals surface area contributed by atoms with Crippen molar-refractivity contribution in [2.24, 2.45) is 0 Å². The summed E-state index contributed by atoms with van der Waals surface area (Å²) in [6.45, 7) is 4.08. The molecule has 2 atom stereocenters. The average molecular weight is 538 g/mol. The van der Waals surface area contributed by atoms with Crippen LogP contribution in [-0.4, -0.2) is 54.4 Å². The molecule has 0 bridgehead atoms. The Balaban J connectivity index is 1.52. The minimum Gasteiger partial charge on any atom is -0.480 e. The Morgan fingerprint density at radius 3 is 2.25 bits per heavy atom. The van der Waals surface area contributed by atoms with E-state index in [1.54, 1.807) is 0 Å². The van der Waals surface area contributed by atoms with Gasteiger partial charge < -0.3 is 15.1 Å². The highest BCUT2D eigenvalue weighted by atomic mass is 16.4. The maximum Gasteiger partial charge on any atom is 0.334 e. The molecule has 0 spiro atoms. The van der Waals surface area contributed by atoms with Crippen molar-refractivity contribution < 1.29 is 15.0 Å². The van der Waals surface area contributed by atoms with E-state index in [4.69, 9.17) is 0 Å². The van der Waals surface area contributed by atoms with Crippen LogP contribution in [0.5, 0.6) is 0 Å². The number of carbonyl (C=O) groups is 1. The third kappa shape index (κ3) is 4.42. The van der Waals surface area contributed by atoms with Gasteiger partial charge in [0.1, 0.15) is 11.9 Å². The first-order valence-electron chi connectivity index (χ1n) is 13.0. The van der Waals surface area contributed by atoms with E-state index in [1.807, 2.05) is 50.3 Å². The summed E-state index contributed by atoms with van der Waals surface area (Å²) in [5.74, 6) is -1.33. The van der Waals surface area contributed by atoms with Crippen molar-refractivity contribution in [2.45, 2.75) is 38.3 Å². The summed E-state index contributed by atoms with van der Waals surface area (Å²) < 4.78 is 1.24. The predicted octanol–water partition coefficient (Wildman–Crippen LogP) is 2.62. The number of fused-ring (bicyclic) bond motifs is 2. The summed E-state index contributed by atoms with van der Waals surface area (Å²) in [6, 6.07) is 12.7. The zero-order valence-electron chi connectivity index (χ0n) is 21.9. The van der Waals surface area contributed by atoms with Crippen LogP contribution in [0, 0.1) is 13.8 Å². The van der Waals surface area contributed by atoms with Crippen LogP contribution in [0.2, 0.25) is 0 Å². The van der Waals surface area contributed by atoms with Crippen LogP contribution in [-0.2, 0) is 4.79 Å². The lowest BCUT2D eigenvalue weighted by atomic mass is 9.82. The van der Waals surface area contributed by atoms with Gasteiger partial charge in [0.25, 0.3) is 5.56 Å². The largest absolute Gasteiger partial charge is 0.480 e. The van der Waals surface area contributed by atoms with Crippen molar-refractivity contribution in [3.63, 3.8) is 0 Å². The summed E-state index contributed by atoms with van der Waals surface area (Å²) in [5, 5.41) is 19.7. The van der Waals surface area contributed by atoms with Gasteiger partial charge in [0.15, 0.2) is 0 Å². The number of nitrogens with one attached hydrogen (secondary N) is 1. The number of aromatic amines is 1. The Labute approximate surface area is 228 Å². The predicted molar refractivity (Wildman–Crippen MR) is 150 cm³/mol. The van der Waals surface area contributed by atoms with Gasteiger partial charge in [0.2, 0.25) is 5.95 Å². The number of benzene rings is 2. The van der Waals surface area contributed by atoms with Gasteiger partial charge in [-0.1, -0.05) is 59.7 Å². The number of hydrogen-bond acceptors (Lipinski definition) is 7. The number of aliphatic hydroxyl groups excluding tert-OH is 1. The number of carboxylic acids is 1. The third-order valence-electron chi connectivity index (χ3n) is 7.53. The summed E-state index contributed by atoms with van der Waals surface area (Å²) in [4.78, 5) is 50.8. The molecule has 3 heterocycles. The zero-order chi connectivity index (χ0) is 28.1. The standard InChI is InChI=1S/C30H27N5O5/c1-16-3-7-21-18(11-16)5-6-19-12-17(2)4-8-22(19)26(21)23-15-35(30(40)33-27(23)37)25-9-10-31-29(32-25)34-14-20(36)13-24(34)28(38)39/h3-12,15,20,24,26,36H,13-14H2,1-2H3,(H,38,39)(H,33,37,40). The molecule has 1 aliphatic heterocycles. The SMILES string of the molecule is Cc1ccc2c(c1)C=Cc1cc(C)ccc1C2c1cn(-c2ccnc(N3CC(O)CC3C(=O)O)n2)c(=O)[nH]c1=O. The van der Waals surface area contributed by atoms with Crippen LogP contribution in [0.4, 0.5) is 5.95 Å². The Bertz CT molecular complexity index is 1750. The molecule has 40 heavy (non-hydrogen) atoms. The van der Waals surface area contributed by atoms with Crippen molar-refractivity contribution in [1.29, 1.82) is 0 Å². The number of nitrogens with zero attached hydrogens (tertiary/aromatic N) is 4. The van der Waals surface area contributed by atoms with Gasteiger partial charge in [-0.25, -0.2) is 14.6 Å². The van der Waals surface area contributed by atoms with Gasteiger partial charge in [-0.15, -0.1) is 0 Å². The molecule has 10 nitrogen and oxygen atoms in total. The second-order valence-corrected chi connectivity index (χ2v) is 10.4. The van der Waals surface area contributed by atoms with E-state index in [9.17, 15) is 24.6 Å². The summed E-state index contributed by atoms with van der Waals surface area (Å²) >= 11 is 0. The number of β-amino-alcohol motifs (C(OH)–C–C–N with tert-alkyl or cyclic N) is 1. The maximum absolute atomic E-state index is 13.4. The van der Waals surface area contributed by atoms with E-state index in [0.29, 0.717) is 5.56 Å². The van der Waals surface area contributed by atoms with Crippen LogP contribution in [0.25, 0.3) is 18.0 Å². The van der Waals surface area contributed by atoms with Gasteiger partial charge in [0.05, 0.1) is 6.10 Å². The molecular weight excluding hydrogens is 510 g/mol. The highest BCUT2D eigenvalue weighted by molar-refractivity contribution is 5.79. The first-order valence-corrected chi connectivity index (χ1v) is 13.0. The number of aromatic nitrogens is 4. The molecule has 2 aromatic heterocycles. The van der Waals surface area contributed by atoms with Crippen LogP contribution < -0.4 is 16.1 Å². The van der Waals surface area contributed by atoms with Crippen LogP contribution in [0.1, 0.15) is 51.3 Å². The number of hydrogen-bond donors (Lipinski definition) is 3. The number of aliphatic hydroxyl groups is 1. The number of carboxylic acid groups (broad SMARTS) is 1. The van der Waals surface area contributed by atoms with Crippen molar-refractivity contribution in [3.8, 4) is 5.82 Å². The van der Waals surface area contributed by atoms with E-state index in [0.717, 1.165) is 33.4 Å². The zero-order valence-corrected chi connectivity index (χ0v) is 21.9. The molecule has 2 aromatic carbocycles. The fraction of sp³-hybridized carbons (Fsp3) is 0.233. The van der Waals surface area contributed by atoms with Crippen molar-refractivity contribution in [2.75, 3.05) is 11.4 Å². The smallest absolute Gasteiger partial charge is 0.334 e. The van der Waals surface area contributed by atoms with E-state index >= 15 is 0 Å². The number of aliphatic carboxylic acids is 1. The first kappa shape index (κ1) is 25.4. The Kier molecular flexibility index (Phi) is 6.19. The summed E-state index contributed by atoms with van der Waals surface area (Å²) in [7, 11) is 0. The molecule has 3 N–H and O–H groups in total. The van der Waals surface area contributed by atoms with Gasteiger partial charge in [-0.3, -0.25) is 14.3 Å². The summed E-state index contributed by atoms with van der Waals surface area (Å²) in [5.41, 5.74) is 5.16. The summed E-state index contributed by atoms with van der Waals surface area (Å²) in [6.07, 6.45) is 6.22. The van der Waals surface area contributed by atoms with Gasteiger partial charge in [-0.2, -0.15) is 4.98 Å². The first-order chi connectivity index (χ1) is 19.2. The van der Waals surface area contributed by atoms with Crippen LogP contribution in [0.3, 0.4) is 0 Å². The second-order valence-electron chi connectivity index (χ2n) is 10.4. The lowest BCUT2D eigenvalue weighted by Crippen LogP contribution is -2.37. The number of aryl methyl sites for hydroxylation is 2. The Morgan fingerprint density at radius 2 is 1.62 bits per heavy atom. The molecule has 10 heteroatoms. The third-order valence-corrected chi connectivity index (χ3v) is 7.53. The van der Waals surface area contributed by atoms with Crippen molar-refractivity contribution >= 4 is 24.1 Å². The monoisotopic (exact) mass is 537 g/mol. The van der Waals surface area contributed by atoms with Gasteiger partial charge in [0, 0.05) is 42.9 Å². The van der Waals surface area contributed by atoms with Crippen molar-refractivity contribution in [1.82, 2.24) is 19.5 Å². The molecule has 1 saturated heterocycles. The quantitative estimate of drug-likeness (QED) is 0.318. The second kappa shape index (κ2) is 9.73. The minimum atomic E-state index is -1.10. The number of H-pyrrole nitrogens is 1. The van der Waals surface area contributed by atoms with Gasteiger partial charge >= 0.3 is 11.7 Å². The molecule has 1 fully saturated rings. The van der Waals surface area contributed by atoms with Crippen molar-refractivity contribution in [3.05, 3.63) is 115 Å². The molecular formula is C30H27N5O5. The lowest BCUT2D eigenvalue weighted by molar-refractivity contribution is -0.138. The molecule has 6 rings (SSSR count). The molecule has 0 saturated carbocycles. The number of anilines is 1. The molecule has 0 radical (unpaired) electrons. The highest BCUT2D eigenvalue weighted by Crippen LogP contribution is 2.38. The number of rotatable bonds is 4. The molecule has 2 unspecified atom stereocenters. The molecule has 4 aromatic rings. The molecule has 2 aliphatic rings. The average Bonchev–Trinajstić information content (AvgIpc) is 3.25.